The van der Waals surface area contributed by atoms with Crippen molar-refractivity contribution in [3.63, 3.8) is 0 Å². The van der Waals surface area contributed by atoms with E-state index in [0.717, 1.165) is 59.4 Å². The van der Waals surface area contributed by atoms with E-state index in [4.69, 9.17) is 20.8 Å². The molecule has 154 valence electrons. The second-order valence-corrected chi connectivity index (χ2v) is 8.72. The van der Waals surface area contributed by atoms with Gasteiger partial charge in [0.25, 0.3) is 0 Å². The van der Waals surface area contributed by atoms with Crippen LogP contribution in [0.4, 0.5) is 0 Å². The molecule has 0 N–H and O–H groups in total. The summed E-state index contributed by atoms with van der Waals surface area (Å²) in [5.41, 5.74) is 1.76. The minimum atomic E-state index is 0.358. The minimum absolute atomic E-state index is 0.358. The lowest BCUT2D eigenvalue weighted by atomic mass is 10.3. The molecule has 1 aliphatic carbocycles. The van der Waals surface area contributed by atoms with E-state index in [1.54, 1.807) is 11.8 Å². The lowest BCUT2D eigenvalue weighted by Crippen LogP contribution is -2.07. The number of ether oxygens (including phenoxy) is 1. The van der Waals surface area contributed by atoms with Crippen molar-refractivity contribution in [2.45, 2.75) is 43.5 Å². The van der Waals surface area contributed by atoms with Gasteiger partial charge in [-0.2, -0.15) is 0 Å². The van der Waals surface area contributed by atoms with Gasteiger partial charge in [-0.25, -0.2) is 4.98 Å². The summed E-state index contributed by atoms with van der Waals surface area (Å²) in [4.78, 5) is 4.54. The Morgan fingerprint density at radius 2 is 1.93 bits per heavy atom. The Morgan fingerprint density at radius 1 is 1.10 bits per heavy atom. The fourth-order valence-electron chi connectivity index (χ4n) is 3.32. The first-order valence-corrected chi connectivity index (χ1v) is 11.4. The molecule has 0 bridgehead atoms. The normalized spacial score (nSPS) is 13.8. The van der Waals surface area contributed by atoms with E-state index < -0.39 is 0 Å². The number of aryl methyl sites for hydroxylation is 1. The van der Waals surface area contributed by atoms with Crippen molar-refractivity contribution < 1.29 is 9.15 Å². The van der Waals surface area contributed by atoms with Gasteiger partial charge in [0.2, 0.25) is 0 Å². The van der Waals surface area contributed by atoms with Crippen LogP contribution in [-0.2, 0) is 13.0 Å². The lowest BCUT2D eigenvalue weighted by molar-refractivity contribution is 0.288. The Kier molecular flexibility index (Phi) is 5.64. The number of fused-ring (bicyclic) bond motifs is 1. The molecule has 0 radical (unpaired) electrons. The minimum Gasteiger partial charge on any atom is -0.484 e. The van der Waals surface area contributed by atoms with Gasteiger partial charge in [-0.1, -0.05) is 47.6 Å². The third-order valence-corrected chi connectivity index (χ3v) is 6.29. The maximum absolute atomic E-state index is 6.19. The van der Waals surface area contributed by atoms with E-state index in [9.17, 15) is 0 Å². The average molecular weight is 441 g/mol. The Morgan fingerprint density at radius 3 is 2.77 bits per heavy atom. The Balaban J connectivity index is 1.19. The molecule has 0 amide bonds. The van der Waals surface area contributed by atoms with Crippen molar-refractivity contribution >= 4 is 34.5 Å². The number of benzene rings is 2. The highest BCUT2D eigenvalue weighted by atomic mass is 35.5. The van der Waals surface area contributed by atoms with E-state index in [0.29, 0.717) is 23.4 Å². The third kappa shape index (κ3) is 4.32. The first-order chi connectivity index (χ1) is 14.8. The molecule has 1 saturated carbocycles. The molecule has 0 saturated heterocycles. The van der Waals surface area contributed by atoms with Gasteiger partial charge in [-0.3, -0.25) is 0 Å². The molecule has 6 nitrogen and oxygen atoms in total. The maximum Gasteiger partial charge on any atom is 0.195 e. The number of para-hydroxylation sites is 3. The van der Waals surface area contributed by atoms with Crippen molar-refractivity contribution in [2.75, 3.05) is 5.75 Å². The summed E-state index contributed by atoms with van der Waals surface area (Å²) >= 11 is 7.91. The molecule has 0 aliphatic heterocycles. The fourth-order valence-corrected chi connectivity index (χ4v) is 4.48. The SMILES string of the molecule is Clc1ccccc1OCc1nnc(SCCCc2nc3ccccc3o2)n1C1CC1. The molecule has 1 aliphatic rings. The number of aromatic nitrogens is 4. The number of rotatable bonds is 9. The van der Waals surface area contributed by atoms with Gasteiger partial charge in [0.1, 0.15) is 17.9 Å². The summed E-state index contributed by atoms with van der Waals surface area (Å²) < 4.78 is 13.9. The maximum atomic E-state index is 6.19. The van der Waals surface area contributed by atoms with E-state index in [2.05, 4.69) is 19.7 Å². The summed E-state index contributed by atoms with van der Waals surface area (Å²) in [6, 6.07) is 15.8. The zero-order chi connectivity index (χ0) is 20.3. The first-order valence-electron chi connectivity index (χ1n) is 10.1. The molecule has 0 spiro atoms. The molecule has 2 aromatic heterocycles. The summed E-state index contributed by atoms with van der Waals surface area (Å²) in [6.07, 6.45) is 4.09. The lowest BCUT2D eigenvalue weighted by Gasteiger charge is -2.10. The van der Waals surface area contributed by atoms with Crippen LogP contribution in [0.25, 0.3) is 11.1 Å². The molecule has 0 atom stereocenters. The molecule has 8 heteroatoms. The highest BCUT2D eigenvalue weighted by Crippen LogP contribution is 2.39. The van der Waals surface area contributed by atoms with Gasteiger partial charge in [-0.05, 0) is 43.5 Å². The van der Waals surface area contributed by atoms with Crippen LogP contribution < -0.4 is 4.74 Å². The standard InChI is InChI=1S/C22H21ClN4O2S/c23-16-6-1-3-8-18(16)28-14-20-25-26-22(27(20)15-11-12-15)30-13-5-10-21-24-17-7-2-4-9-19(17)29-21/h1-4,6-9,15H,5,10-14H2. The second kappa shape index (κ2) is 8.70. The monoisotopic (exact) mass is 440 g/mol. The number of nitrogens with zero attached hydrogens (tertiary/aromatic N) is 4. The number of thioether (sulfide) groups is 1. The first kappa shape index (κ1) is 19.5. The molecular formula is C22H21ClN4O2S. The second-order valence-electron chi connectivity index (χ2n) is 7.25. The highest BCUT2D eigenvalue weighted by Gasteiger charge is 2.29. The van der Waals surface area contributed by atoms with Crippen LogP contribution in [-0.4, -0.2) is 25.5 Å². The molecule has 2 heterocycles. The molecule has 1 fully saturated rings. The predicted octanol–water partition coefficient (Wildman–Crippen LogP) is 5.71. The van der Waals surface area contributed by atoms with Crippen LogP contribution in [0.3, 0.4) is 0 Å². The van der Waals surface area contributed by atoms with E-state index in [1.807, 2.05) is 48.5 Å². The van der Waals surface area contributed by atoms with Gasteiger partial charge >= 0.3 is 0 Å². The summed E-state index contributed by atoms with van der Waals surface area (Å²) in [5.74, 6) is 3.22. The van der Waals surface area contributed by atoms with Crippen LogP contribution in [0, 0.1) is 0 Å². The number of halogens is 1. The molecule has 4 aromatic rings. The Hall–Kier alpha value is -2.51. The summed E-state index contributed by atoms with van der Waals surface area (Å²) in [6.45, 7) is 0.358. The van der Waals surface area contributed by atoms with Gasteiger partial charge in [0.15, 0.2) is 22.5 Å². The number of hydrogen-bond donors (Lipinski definition) is 0. The van der Waals surface area contributed by atoms with E-state index >= 15 is 0 Å². The van der Waals surface area contributed by atoms with Gasteiger partial charge in [0, 0.05) is 18.2 Å². The van der Waals surface area contributed by atoms with Crippen molar-refractivity contribution in [1.29, 1.82) is 0 Å². The largest absolute Gasteiger partial charge is 0.484 e. The smallest absolute Gasteiger partial charge is 0.195 e. The van der Waals surface area contributed by atoms with Gasteiger partial charge in [-0.15, -0.1) is 10.2 Å². The number of oxazole rings is 1. The molecular weight excluding hydrogens is 420 g/mol. The Labute approximate surface area is 183 Å². The molecule has 30 heavy (non-hydrogen) atoms. The van der Waals surface area contributed by atoms with Crippen molar-refractivity contribution in [2.24, 2.45) is 0 Å². The van der Waals surface area contributed by atoms with Crippen molar-refractivity contribution in [3.8, 4) is 5.75 Å². The Bertz CT molecular complexity index is 1120. The van der Waals surface area contributed by atoms with E-state index in [-0.39, 0.29) is 0 Å². The van der Waals surface area contributed by atoms with Crippen molar-refractivity contribution in [3.05, 3.63) is 65.3 Å². The third-order valence-electron chi connectivity index (χ3n) is 4.94. The quantitative estimate of drug-likeness (QED) is 0.245. The molecule has 5 rings (SSSR count). The van der Waals surface area contributed by atoms with Gasteiger partial charge < -0.3 is 13.7 Å². The van der Waals surface area contributed by atoms with Crippen molar-refractivity contribution in [1.82, 2.24) is 19.7 Å². The summed E-state index contributed by atoms with van der Waals surface area (Å²) in [5, 5.41) is 10.3. The average Bonchev–Trinajstić information content (AvgIpc) is 3.38. The topological polar surface area (TPSA) is 66.0 Å². The van der Waals surface area contributed by atoms with Crippen LogP contribution in [0.15, 0.2) is 58.1 Å². The van der Waals surface area contributed by atoms with Crippen LogP contribution in [0.5, 0.6) is 5.75 Å². The highest BCUT2D eigenvalue weighted by molar-refractivity contribution is 7.99. The van der Waals surface area contributed by atoms with Crippen LogP contribution >= 0.6 is 23.4 Å². The van der Waals surface area contributed by atoms with Gasteiger partial charge in [0.05, 0.1) is 5.02 Å². The van der Waals surface area contributed by atoms with Crippen LogP contribution in [0.1, 0.15) is 37.0 Å². The van der Waals surface area contributed by atoms with Crippen LogP contribution in [0.2, 0.25) is 5.02 Å². The molecule has 0 unspecified atom stereocenters. The fraction of sp³-hybridized carbons (Fsp3) is 0.318. The molecule has 2 aromatic carbocycles. The zero-order valence-corrected chi connectivity index (χ0v) is 17.9. The summed E-state index contributed by atoms with van der Waals surface area (Å²) in [7, 11) is 0. The zero-order valence-electron chi connectivity index (χ0n) is 16.3. The van der Waals surface area contributed by atoms with E-state index in [1.165, 1.54) is 0 Å². The number of hydrogen-bond acceptors (Lipinski definition) is 6. The predicted molar refractivity (Wildman–Crippen MR) is 117 cm³/mol.